The highest BCUT2D eigenvalue weighted by atomic mass is 35.5. The monoisotopic (exact) mass is 326 g/mol. The van der Waals surface area contributed by atoms with Gasteiger partial charge in [0.25, 0.3) is 0 Å². The van der Waals surface area contributed by atoms with E-state index in [0.29, 0.717) is 23.9 Å². The summed E-state index contributed by atoms with van der Waals surface area (Å²) in [5.41, 5.74) is 0.462. The minimum absolute atomic E-state index is 0.102. The molecule has 1 amide bonds. The first-order valence-corrected chi connectivity index (χ1v) is 7.73. The maximum atomic E-state index is 12.4. The van der Waals surface area contributed by atoms with Gasteiger partial charge in [0.05, 0.1) is 18.2 Å². The summed E-state index contributed by atoms with van der Waals surface area (Å²) in [4.78, 5) is 14.2. The van der Waals surface area contributed by atoms with Gasteiger partial charge in [-0.2, -0.15) is 0 Å². The first kappa shape index (κ1) is 16.9. The summed E-state index contributed by atoms with van der Waals surface area (Å²) in [6.07, 6.45) is -0.298. The van der Waals surface area contributed by atoms with E-state index < -0.39 is 5.60 Å². The third kappa shape index (κ3) is 4.05. The molecule has 1 N–H and O–H groups in total. The lowest BCUT2D eigenvalue weighted by atomic mass is 10.0. The normalized spacial score (nSPS) is 19.0. The Bertz CT molecular complexity index is 543. The van der Waals surface area contributed by atoms with Crippen LogP contribution in [0.1, 0.15) is 32.4 Å². The highest BCUT2D eigenvalue weighted by molar-refractivity contribution is 6.32. The molecule has 0 aromatic heterocycles. The summed E-state index contributed by atoms with van der Waals surface area (Å²) in [5, 5.41) is 3.86. The Kier molecular flexibility index (Phi) is 5.19. The van der Waals surface area contributed by atoms with Crippen molar-refractivity contribution in [2.75, 3.05) is 26.7 Å². The third-order valence-corrected chi connectivity index (χ3v) is 3.74. The van der Waals surface area contributed by atoms with Crippen LogP contribution in [-0.2, 0) is 4.74 Å². The second kappa shape index (κ2) is 6.75. The summed E-state index contributed by atoms with van der Waals surface area (Å²) >= 11 is 6.08. The zero-order valence-corrected chi connectivity index (χ0v) is 14.2. The van der Waals surface area contributed by atoms with E-state index in [2.05, 4.69) is 5.32 Å². The number of hydrogen-bond donors (Lipinski definition) is 1. The van der Waals surface area contributed by atoms with Crippen LogP contribution < -0.4 is 10.1 Å². The molecule has 1 aliphatic heterocycles. The lowest BCUT2D eigenvalue weighted by molar-refractivity contribution is 0.0118. The Morgan fingerprint density at radius 2 is 2.14 bits per heavy atom. The average molecular weight is 327 g/mol. The van der Waals surface area contributed by atoms with E-state index in [1.807, 2.05) is 32.9 Å². The molecule has 22 heavy (non-hydrogen) atoms. The highest BCUT2D eigenvalue weighted by Gasteiger charge is 2.31. The number of nitrogens with one attached hydrogen (secondary N) is 1. The van der Waals surface area contributed by atoms with Crippen molar-refractivity contribution in [2.24, 2.45) is 0 Å². The van der Waals surface area contributed by atoms with E-state index in [1.54, 1.807) is 18.1 Å². The highest BCUT2D eigenvalue weighted by Crippen LogP contribution is 2.31. The standard InChI is InChI=1S/C16H23ClN2O3/c1-16(2,3)22-15(20)19-8-7-18-10-13(19)11-5-6-12(17)14(9-11)21-4/h5-6,9,13,18H,7-8,10H2,1-4H3. The van der Waals surface area contributed by atoms with E-state index in [1.165, 1.54) is 0 Å². The Hall–Kier alpha value is -1.46. The molecule has 1 unspecified atom stereocenters. The maximum Gasteiger partial charge on any atom is 0.410 e. The minimum Gasteiger partial charge on any atom is -0.495 e. The molecular formula is C16H23ClN2O3. The number of rotatable bonds is 2. The van der Waals surface area contributed by atoms with Gasteiger partial charge in [-0.3, -0.25) is 4.90 Å². The van der Waals surface area contributed by atoms with Crippen LogP contribution in [-0.4, -0.2) is 43.3 Å². The fraction of sp³-hybridized carbons (Fsp3) is 0.562. The molecule has 0 saturated carbocycles. The van der Waals surface area contributed by atoms with Gasteiger partial charge in [0, 0.05) is 19.6 Å². The molecule has 0 spiro atoms. The number of benzene rings is 1. The Labute approximate surface area is 136 Å². The molecular weight excluding hydrogens is 304 g/mol. The molecule has 1 aromatic rings. The molecule has 1 atom stereocenters. The number of halogens is 1. The number of hydrogen-bond acceptors (Lipinski definition) is 4. The molecule has 0 radical (unpaired) electrons. The smallest absolute Gasteiger partial charge is 0.410 e. The van der Waals surface area contributed by atoms with Crippen LogP contribution in [0.4, 0.5) is 4.79 Å². The summed E-state index contributed by atoms with van der Waals surface area (Å²) < 4.78 is 10.8. The molecule has 0 aliphatic carbocycles. The molecule has 122 valence electrons. The Morgan fingerprint density at radius 1 is 1.41 bits per heavy atom. The average Bonchev–Trinajstić information content (AvgIpc) is 2.46. The Morgan fingerprint density at radius 3 is 2.77 bits per heavy atom. The number of carbonyl (C=O) groups is 1. The number of nitrogens with zero attached hydrogens (tertiary/aromatic N) is 1. The third-order valence-electron chi connectivity index (χ3n) is 3.43. The molecule has 1 aliphatic rings. The molecule has 2 rings (SSSR count). The number of ether oxygens (including phenoxy) is 2. The van der Waals surface area contributed by atoms with Crippen LogP contribution in [0.15, 0.2) is 18.2 Å². The quantitative estimate of drug-likeness (QED) is 0.906. The largest absolute Gasteiger partial charge is 0.495 e. The van der Waals surface area contributed by atoms with Gasteiger partial charge >= 0.3 is 6.09 Å². The van der Waals surface area contributed by atoms with Crippen LogP contribution in [0.25, 0.3) is 0 Å². The minimum atomic E-state index is -0.510. The van der Waals surface area contributed by atoms with Crippen molar-refractivity contribution in [3.05, 3.63) is 28.8 Å². The van der Waals surface area contributed by atoms with Crippen LogP contribution in [0, 0.1) is 0 Å². The topological polar surface area (TPSA) is 50.8 Å². The zero-order valence-electron chi connectivity index (χ0n) is 13.5. The molecule has 5 nitrogen and oxygen atoms in total. The van der Waals surface area contributed by atoms with Gasteiger partial charge in [-0.25, -0.2) is 4.79 Å². The second-order valence-electron chi connectivity index (χ2n) is 6.29. The number of piperazine rings is 1. The molecule has 1 aromatic carbocycles. The molecule has 1 saturated heterocycles. The fourth-order valence-electron chi connectivity index (χ4n) is 2.42. The first-order chi connectivity index (χ1) is 10.3. The van der Waals surface area contributed by atoms with E-state index >= 15 is 0 Å². The van der Waals surface area contributed by atoms with Gasteiger partial charge in [0.2, 0.25) is 0 Å². The van der Waals surface area contributed by atoms with Crippen molar-refractivity contribution in [3.63, 3.8) is 0 Å². The predicted octanol–water partition coefficient (Wildman–Crippen LogP) is 3.23. The molecule has 6 heteroatoms. The number of amides is 1. The van der Waals surface area contributed by atoms with E-state index in [0.717, 1.165) is 12.1 Å². The van der Waals surface area contributed by atoms with Crippen molar-refractivity contribution in [1.82, 2.24) is 10.2 Å². The van der Waals surface area contributed by atoms with Gasteiger partial charge in [-0.15, -0.1) is 0 Å². The van der Waals surface area contributed by atoms with E-state index in [4.69, 9.17) is 21.1 Å². The fourth-order valence-corrected chi connectivity index (χ4v) is 2.62. The zero-order chi connectivity index (χ0) is 16.3. The molecule has 1 fully saturated rings. The molecule has 0 bridgehead atoms. The number of methoxy groups -OCH3 is 1. The lowest BCUT2D eigenvalue weighted by Crippen LogP contribution is -2.50. The van der Waals surface area contributed by atoms with Crippen molar-refractivity contribution >= 4 is 17.7 Å². The van der Waals surface area contributed by atoms with Crippen LogP contribution >= 0.6 is 11.6 Å². The van der Waals surface area contributed by atoms with Gasteiger partial charge in [-0.05, 0) is 38.5 Å². The van der Waals surface area contributed by atoms with Crippen molar-refractivity contribution in [3.8, 4) is 5.75 Å². The summed E-state index contributed by atoms with van der Waals surface area (Å²) in [7, 11) is 1.58. The van der Waals surface area contributed by atoms with Gasteiger partial charge in [-0.1, -0.05) is 17.7 Å². The lowest BCUT2D eigenvalue weighted by Gasteiger charge is -2.37. The van der Waals surface area contributed by atoms with E-state index in [-0.39, 0.29) is 12.1 Å². The van der Waals surface area contributed by atoms with Gasteiger partial charge in [0.1, 0.15) is 11.4 Å². The van der Waals surface area contributed by atoms with Crippen molar-refractivity contribution in [2.45, 2.75) is 32.4 Å². The first-order valence-electron chi connectivity index (χ1n) is 7.35. The number of carbonyl (C=O) groups excluding carboxylic acids is 1. The maximum absolute atomic E-state index is 12.4. The predicted molar refractivity (Wildman–Crippen MR) is 86.6 cm³/mol. The summed E-state index contributed by atoms with van der Waals surface area (Å²) in [6, 6.07) is 5.48. The SMILES string of the molecule is COc1cc(C2CNCCN2C(=O)OC(C)(C)C)ccc1Cl. The van der Waals surface area contributed by atoms with Crippen LogP contribution in [0.5, 0.6) is 5.75 Å². The summed E-state index contributed by atoms with van der Waals surface area (Å²) in [5.74, 6) is 0.605. The Balaban J connectivity index is 2.24. The van der Waals surface area contributed by atoms with Crippen molar-refractivity contribution < 1.29 is 14.3 Å². The van der Waals surface area contributed by atoms with Gasteiger partial charge < -0.3 is 14.8 Å². The van der Waals surface area contributed by atoms with Gasteiger partial charge in [0.15, 0.2) is 0 Å². The van der Waals surface area contributed by atoms with E-state index in [9.17, 15) is 4.79 Å². The van der Waals surface area contributed by atoms with Crippen LogP contribution in [0.3, 0.4) is 0 Å². The van der Waals surface area contributed by atoms with Crippen LogP contribution in [0.2, 0.25) is 5.02 Å². The molecule has 1 heterocycles. The van der Waals surface area contributed by atoms with Crippen molar-refractivity contribution in [1.29, 1.82) is 0 Å². The second-order valence-corrected chi connectivity index (χ2v) is 6.69. The summed E-state index contributed by atoms with van der Waals surface area (Å²) in [6.45, 7) is 7.63.